The molecule has 0 spiro atoms. The van der Waals surface area contributed by atoms with E-state index < -0.39 is 0 Å². The first kappa shape index (κ1) is 13.5. The van der Waals surface area contributed by atoms with Crippen molar-refractivity contribution in [2.24, 2.45) is 11.7 Å². The van der Waals surface area contributed by atoms with Gasteiger partial charge < -0.3 is 15.5 Å². The molecular formula is C12H25N3O. The molecule has 16 heavy (non-hydrogen) atoms. The molecule has 1 amide bonds. The van der Waals surface area contributed by atoms with Crippen molar-refractivity contribution in [2.75, 3.05) is 39.8 Å². The fourth-order valence-electron chi connectivity index (χ4n) is 2.22. The van der Waals surface area contributed by atoms with Gasteiger partial charge in [-0.3, -0.25) is 4.79 Å². The second-order valence-electron chi connectivity index (χ2n) is 4.70. The second kappa shape index (κ2) is 6.86. The van der Waals surface area contributed by atoms with Crippen molar-refractivity contribution in [1.29, 1.82) is 0 Å². The first-order chi connectivity index (χ1) is 7.69. The molecule has 1 rings (SSSR count). The van der Waals surface area contributed by atoms with E-state index in [1.54, 1.807) is 0 Å². The zero-order valence-electron chi connectivity index (χ0n) is 10.6. The lowest BCUT2D eigenvalue weighted by Crippen LogP contribution is -2.41. The molecule has 94 valence electrons. The van der Waals surface area contributed by atoms with E-state index in [0.717, 1.165) is 45.4 Å². The molecule has 0 bridgehead atoms. The van der Waals surface area contributed by atoms with Crippen LogP contribution in [0.1, 0.15) is 26.2 Å². The summed E-state index contributed by atoms with van der Waals surface area (Å²) in [5.74, 6) is 0.299. The number of likely N-dealkylation sites (N-methyl/N-ethyl adjacent to an activating group) is 1. The molecule has 0 saturated carbocycles. The van der Waals surface area contributed by atoms with Crippen LogP contribution in [0, 0.1) is 5.92 Å². The fraction of sp³-hybridized carbons (Fsp3) is 0.917. The molecule has 4 heteroatoms. The average molecular weight is 227 g/mol. The van der Waals surface area contributed by atoms with Crippen molar-refractivity contribution in [1.82, 2.24) is 9.80 Å². The Morgan fingerprint density at radius 1 is 1.31 bits per heavy atom. The van der Waals surface area contributed by atoms with Crippen molar-refractivity contribution in [3.8, 4) is 0 Å². The Bertz CT molecular complexity index is 220. The molecule has 1 fully saturated rings. The largest absolute Gasteiger partial charge is 0.341 e. The third-order valence-electron chi connectivity index (χ3n) is 3.30. The predicted molar refractivity (Wildman–Crippen MR) is 66.1 cm³/mol. The Morgan fingerprint density at radius 3 is 2.69 bits per heavy atom. The summed E-state index contributed by atoms with van der Waals surface area (Å²) >= 11 is 0. The minimum atomic E-state index is 0.0356. The van der Waals surface area contributed by atoms with E-state index in [0.29, 0.717) is 6.54 Å². The van der Waals surface area contributed by atoms with Crippen molar-refractivity contribution in [2.45, 2.75) is 26.2 Å². The maximum atomic E-state index is 12.2. The van der Waals surface area contributed by atoms with E-state index in [1.165, 1.54) is 0 Å². The van der Waals surface area contributed by atoms with Gasteiger partial charge in [-0.1, -0.05) is 13.3 Å². The molecule has 0 aromatic heterocycles. The number of nitrogens with zero attached hydrogens (tertiary/aromatic N) is 2. The van der Waals surface area contributed by atoms with Gasteiger partial charge in [0, 0.05) is 26.2 Å². The van der Waals surface area contributed by atoms with Gasteiger partial charge in [0.1, 0.15) is 0 Å². The SMILES string of the molecule is CCCC(CN)C(=O)N1CCCN(C)CC1. The molecule has 1 heterocycles. The zero-order chi connectivity index (χ0) is 12.0. The van der Waals surface area contributed by atoms with Gasteiger partial charge in [0.2, 0.25) is 5.91 Å². The number of carbonyl (C=O) groups excluding carboxylic acids is 1. The zero-order valence-corrected chi connectivity index (χ0v) is 10.6. The molecule has 0 aromatic rings. The number of rotatable bonds is 4. The van der Waals surface area contributed by atoms with Crippen molar-refractivity contribution >= 4 is 5.91 Å². The summed E-state index contributed by atoms with van der Waals surface area (Å²) in [5, 5.41) is 0. The van der Waals surface area contributed by atoms with Crippen LogP contribution >= 0.6 is 0 Å². The number of nitrogens with two attached hydrogens (primary N) is 1. The van der Waals surface area contributed by atoms with Crippen LogP contribution in [-0.2, 0) is 4.79 Å². The third kappa shape index (κ3) is 3.76. The van der Waals surface area contributed by atoms with E-state index in [1.807, 2.05) is 4.90 Å². The Morgan fingerprint density at radius 2 is 2.06 bits per heavy atom. The molecule has 1 atom stereocenters. The number of hydrogen-bond acceptors (Lipinski definition) is 3. The molecule has 0 aliphatic carbocycles. The summed E-state index contributed by atoms with van der Waals surface area (Å²) in [4.78, 5) is 16.5. The summed E-state index contributed by atoms with van der Waals surface area (Å²) in [5.41, 5.74) is 5.67. The Kier molecular flexibility index (Phi) is 5.77. The normalized spacial score (nSPS) is 20.6. The lowest BCUT2D eigenvalue weighted by atomic mass is 10.0. The van der Waals surface area contributed by atoms with E-state index in [9.17, 15) is 4.79 Å². The van der Waals surface area contributed by atoms with Crippen LogP contribution < -0.4 is 5.73 Å². The standard InChI is InChI=1S/C12H25N3O/c1-3-5-11(10-13)12(16)15-7-4-6-14(2)8-9-15/h11H,3-10,13H2,1-2H3. The van der Waals surface area contributed by atoms with Crippen LogP contribution in [-0.4, -0.2) is 55.5 Å². The van der Waals surface area contributed by atoms with Crippen molar-refractivity contribution in [3.05, 3.63) is 0 Å². The summed E-state index contributed by atoms with van der Waals surface area (Å²) in [6, 6.07) is 0. The van der Waals surface area contributed by atoms with Gasteiger partial charge in [-0.2, -0.15) is 0 Å². The highest BCUT2D eigenvalue weighted by molar-refractivity contribution is 5.79. The number of carbonyl (C=O) groups is 1. The second-order valence-corrected chi connectivity index (χ2v) is 4.70. The van der Waals surface area contributed by atoms with Crippen LogP contribution in [0.2, 0.25) is 0 Å². The van der Waals surface area contributed by atoms with Gasteiger partial charge in [0.05, 0.1) is 5.92 Å². The molecular weight excluding hydrogens is 202 g/mol. The van der Waals surface area contributed by atoms with E-state index >= 15 is 0 Å². The molecule has 0 aromatic carbocycles. The van der Waals surface area contributed by atoms with E-state index in [-0.39, 0.29) is 11.8 Å². The Hall–Kier alpha value is -0.610. The van der Waals surface area contributed by atoms with E-state index in [4.69, 9.17) is 5.73 Å². The monoisotopic (exact) mass is 227 g/mol. The fourth-order valence-corrected chi connectivity index (χ4v) is 2.22. The van der Waals surface area contributed by atoms with Gasteiger partial charge in [0.15, 0.2) is 0 Å². The highest BCUT2D eigenvalue weighted by atomic mass is 16.2. The third-order valence-corrected chi connectivity index (χ3v) is 3.30. The number of hydrogen-bond donors (Lipinski definition) is 1. The predicted octanol–water partition coefficient (Wildman–Crippen LogP) is 0.526. The van der Waals surface area contributed by atoms with Gasteiger partial charge >= 0.3 is 0 Å². The molecule has 0 radical (unpaired) electrons. The molecule has 1 aliphatic rings. The quantitative estimate of drug-likeness (QED) is 0.762. The Labute approximate surface area is 98.8 Å². The number of amides is 1. The average Bonchev–Trinajstić information content (AvgIpc) is 2.50. The van der Waals surface area contributed by atoms with Crippen LogP contribution in [0.4, 0.5) is 0 Å². The highest BCUT2D eigenvalue weighted by Crippen LogP contribution is 2.11. The maximum Gasteiger partial charge on any atom is 0.227 e. The molecule has 1 unspecified atom stereocenters. The molecule has 1 saturated heterocycles. The van der Waals surface area contributed by atoms with Gasteiger partial charge in [-0.05, 0) is 26.4 Å². The summed E-state index contributed by atoms with van der Waals surface area (Å²) in [6.07, 6.45) is 3.02. The summed E-state index contributed by atoms with van der Waals surface area (Å²) < 4.78 is 0. The first-order valence-electron chi connectivity index (χ1n) is 6.36. The van der Waals surface area contributed by atoms with Crippen LogP contribution in [0.25, 0.3) is 0 Å². The minimum absolute atomic E-state index is 0.0356. The summed E-state index contributed by atoms with van der Waals surface area (Å²) in [7, 11) is 2.11. The highest BCUT2D eigenvalue weighted by Gasteiger charge is 2.23. The lowest BCUT2D eigenvalue weighted by molar-refractivity contribution is -0.135. The smallest absolute Gasteiger partial charge is 0.227 e. The van der Waals surface area contributed by atoms with Crippen molar-refractivity contribution < 1.29 is 4.79 Å². The Balaban J connectivity index is 2.50. The topological polar surface area (TPSA) is 49.6 Å². The maximum absolute atomic E-state index is 12.2. The summed E-state index contributed by atoms with van der Waals surface area (Å²) in [6.45, 7) is 6.41. The van der Waals surface area contributed by atoms with Crippen LogP contribution in [0.15, 0.2) is 0 Å². The van der Waals surface area contributed by atoms with Crippen LogP contribution in [0.5, 0.6) is 0 Å². The molecule has 1 aliphatic heterocycles. The molecule has 4 nitrogen and oxygen atoms in total. The molecule has 2 N–H and O–H groups in total. The van der Waals surface area contributed by atoms with Gasteiger partial charge in [-0.15, -0.1) is 0 Å². The van der Waals surface area contributed by atoms with Crippen molar-refractivity contribution in [3.63, 3.8) is 0 Å². The first-order valence-corrected chi connectivity index (χ1v) is 6.36. The minimum Gasteiger partial charge on any atom is -0.341 e. The van der Waals surface area contributed by atoms with Gasteiger partial charge in [-0.25, -0.2) is 0 Å². The van der Waals surface area contributed by atoms with Gasteiger partial charge in [0.25, 0.3) is 0 Å². The lowest BCUT2D eigenvalue weighted by Gasteiger charge is -2.25. The van der Waals surface area contributed by atoms with E-state index in [2.05, 4.69) is 18.9 Å². The van der Waals surface area contributed by atoms with Crippen LogP contribution in [0.3, 0.4) is 0 Å².